The maximum Gasteiger partial charge on any atom is 0.159 e. The number of rotatable bonds is 2. The Kier molecular flexibility index (Phi) is 4.02. The van der Waals surface area contributed by atoms with Crippen molar-refractivity contribution in [2.24, 2.45) is 5.73 Å². The lowest BCUT2D eigenvalue weighted by atomic mass is 9.94. The van der Waals surface area contributed by atoms with Crippen LogP contribution in [0.25, 0.3) is 0 Å². The van der Waals surface area contributed by atoms with Crippen molar-refractivity contribution in [1.29, 1.82) is 0 Å². The Morgan fingerprint density at radius 1 is 1.00 bits per heavy atom. The van der Waals surface area contributed by atoms with Gasteiger partial charge in [-0.1, -0.05) is 28.1 Å². The molecule has 0 aliphatic heterocycles. The van der Waals surface area contributed by atoms with Crippen LogP contribution in [0.15, 0.2) is 34.8 Å². The second-order valence-electron chi connectivity index (χ2n) is 4.61. The van der Waals surface area contributed by atoms with E-state index in [-0.39, 0.29) is 0 Å². The predicted octanol–water partition coefficient (Wildman–Crippen LogP) is 4.39. The zero-order valence-electron chi connectivity index (χ0n) is 10.7. The van der Waals surface area contributed by atoms with Crippen LogP contribution in [0.5, 0.6) is 0 Å². The first-order chi connectivity index (χ1) is 8.90. The highest BCUT2D eigenvalue weighted by Crippen LogP contribution is 2.28. The molecule has 0 saturated heterocycles. The van der Waals surface area contributed by atoms with Crippen LogP contribution < -0.4 is 5.73 Å². The van der Waals surface area contributed by atoms with Crippen LogP contribution in [0, 0.1) is 25.5 Å². The summed E-state index contributed by atoms with van der Waals surface area (Å²) in [7, 11) is 0. The molecule has 2 N–H and O–H groups in total. The summed E-state index contributed by atoms with van der Waals surface area (Å²) < 4.78 is 27.2. The molecule has 2 aromatic carbocycles. The van der Waals surface area contributed by atoms with E-state index < -0.39 is 17.7 Å². The Morgan fingerprint density at radius 3 is 2.32 bits per heavy atom. The second kappa shape index (κ2) is 5.39. The fourth-order valence-electron chi connectivity index (χ4n) is 2.02. The van der Waals surface area contributed by atoms with Gasteiger partial charge in [-0.05, 0) is 54.3 Å². The molecule has 4 heteroatoms. The van der Waals surface area contributed by atoms with Crippen LogP contribution in [0.3, 0.4) is 0 Å². The number of hydrogen-bond donors (Lipinski definition) is 1. The third kappa shape index (κ3) is 2.85. The zero-order valence-corrected chi connectivity index (χ0v) is 12.3. The van der Waals surface area contributed by atoms with Gasteiger partial charge in [-0.3, -0.25) is 0 Å². The van der Waals surface area contributed by atoms with Gasteiger partial charge in [0.15, 0.2) is 11.6 Å². The van der Waals surface area contributed by atoms with E-state index in [2.05, 4.69) is 15.9 Å². The maximum absolute atomic E-state index is 13.3. The summed E-state index contributed by atoms with van der Waals surface area (Å²) in [5.74, 6) is -1.74. The summed E-state index contributed by atoms with van der Waals surface area (Å²) in [6, 6.07) is 7.24. The van der Waals surface area contributed by atoms with E-state index in [0.717, 1.165) is 33.3 Å². The quantitative estimate of drug-likeness (QED) is 0.870. The van der Waals surface area contributed by atoms with Crippen LogP contribution in [0.4, 0.5) is 8.78 Å². The van der Waals surface area contributed by atoms with E-state index in [1.54, 1.807) is 0 Å². The van der Waals surface area contributed by atoms with Gasteiger partial charge in [0.1, 0.15) is 0 Å². The van der Waals surface area contributed by atoms with Crippen molar-refractivity contribution < 1.29 is 8.78 Å². The van der Waals surface area contributed by atoms with Gasteiger partial charge in [0.05, 0.1) is 6.04 Å². The highest BCUT2D eigenvalue weighted by Gasteiger charge is 2.15. The fourth-order valence-corrected chi connectivity index (χ4v) is 2.48. The Balaban J connectivity index is 2.46. The van der Waals surface area contributed by atoms with Gasteiger partial charge in [0, 0.05) is 4.47 Å². The lowest BCUT2D eigenvalue weighted by molar-refractivity contribution is 0.506. The van der Waals surface area contributed by atoms with E-state index in [9.17, 15) is 8.78 Å². The van der Waals surface area contributed by atoms with Crippen molar-refractivity contribution in [2.45, 2.75) is 19.9 Å². The van der Waals surface area contributed by atoms with E-state index in [0.29, 0.717) is 5.56 Å². The van der Waals surface area contributed by atoms with Gasteiger partial charge in [0.25, 0.3) is 0 Å². The Bertz CT molecular complexity index is 626. The minimum absolute atomic E-state index is 0.470. The lowest BCUT2D eigenvalue weighted by Gasteiger charge is -2.17. The van der Waals surface area contributed by atoms with Crippen molar-refractivity contribution >= 4 is 15.9 Å². The predicted molar refractivity (Wildman–Crippen MR) is 76.0 cm³/mol. The van der Waals surface area contributed by atoms with Crippen molar-refractivity contribution in [2.75, 3.05) is 0 Å². The molecule has 1 atom stereocenters. The Hall–Kier alpha value is -1.26. The van der Waals surface area contributed by atoms with Crippen molar-refractivity contribution in [3.05, 3.63) is 68.7 Å². The molecule has 0 aliphatic carbocycles. The summed E-state index contributed by atoms with van der Waals surface area (Å²) in [5.41, 5.74) is 9.68. The molecule has 19 heavy (non-hydrogen) atoms. The van der Waals surface area contributed by atoms with Gasteiger partial charge in [-0.2, -0.15) is 0 Å². The smallest absolute Gasteiger partial charge is 0.159 e. The second-order valence-corrected chi connectivity index (χ2v) is 5.46. The minimum Gasteiger partial charge on any atom is -0.320 e. The molecule has 0 amide bonds. The minimum atomic E-state index is -0.876. The average Bonchev–Trinajstić information content (AvgIpc) is 2.36. The molecule has 0 aromatic heterocycles. The number of hydrogen-bond acceptors (Lipinski definition) is 1. The lowest BCUT2D eigenvalue weighted by Crippen LogP contribution is -2.14. The van der Waals surface area contributed by atoms with Gasteiger partial charge in [-0.25, -0.2) is 8.78 Å². The Labute approximate surface area is 119 Å². The van der Waals surface area contributed by atoms with Crippen molar-refractivity contribution in [3.8, 4) is 0 Å². The first kappa shape index (κ1) is 14.2. The van der Waals surface area contributed by atoms with Crippen molar-refractivity contribution in [1.82, 2.24) is 0 Å². The molecule has 100 valence electrons. The molecular weight excluding hydrogens is 312 g/mol. The Morgan fingerprint density at radius 2 is 1.68 bits per heavy atom. The molecule has 0 saturated carbocycles. The molecule has 2 aromatic rings. The molecule has 0 fully saturated rings. The van der Waals surface area contributed by atoms with Gasteiger partial charge in [-0.15, -0.1) is 0 Å². The highest BCUT2D eigenvalue weighted by molar-refractivity contribution is 9.10. The number of nitrogens with two attached hydrogens (primary N) is 1. The van der Waals surface area contributed by atoms with Gasteiger partial charge < -0.3 is 5.73 Å². The monoisotopic (exact) mass is 325 g/mol. The fraction of sp³-hybridized carbons (Fsp3) is 0.200. The van der Waals surface area contributed by atoms with E-state index in [1.807, 2.05) is 26.0 Å². The number of benzene rings is 2. The average molecular weight is 326 g/mol. The van der Waals surface area contributed by atoms with Crippen LogP contribution in [0.2, 0.25) is 0 Å². The van der Waals surface area contributed by atoms with Crippen LogP contribution in [-0.2, 0) is 0 Å². The summed E-state index contributed by atoms with van der Waals surface area (Å²) in [6.45, 7) is 3.91. The number of halogens is 3. The van der Waals surface area contributed by atoms with Gasteiger partial charge >= 0.3 is 0 Å². The van der Waals surface area contributed by atoms with E-state index in [4.69, 9.17) is 5.73 Å². The molecule has 0 radical (unpaired) electrons. The standard InChI is InChI=1S/C15H14BrF2N/c1-8-6-12(16)9(2)5-11(8)15(19)10-3-4-13(17)14(18)7-10/h3-7,15H,19H2,1-2H3. The van der Waals surface area contributed by atoms with Crippen LogP contribution in [0.1, 0.15) is 28.3 Å². The normalized spacial score (nSPS) is 12.5. The molecular formula is C15H14BrF2N. The zero-order chi connectivity index (χ0) is 14.2. The number of aryl methyl sites for hydroxylation is 2. The summed E-state index contributed by atoms with van der Waals surface area (Å²) in [5, 5.41) is 0. The van der Waals surface area contributed by atoms with E-state index >= 15 is 0 Å². The first-order valence-electron chi connectivity index (χ1n) is 5.87. The SMILES string of the molecule is Cc1cc(C(N)c2ccc(F)c(F)c2)c(C)cc1Br. The largest absolute Gasteiger partial charge is 0.320 e. The summed E-state index contributed by atoms with van der Waals surface area (Å²) in [6.07, 6.45) is 0. The third-order valence-corrected chi connectivity index (χ3v) is 4.04. The molecule has 0 bridgehead atoms. The molecule has 0 spiro atoms. The summed E-state index contributed by atoms with van der Waals surface area (Å²) >= 11 is 3.46. The summed E-state index contributed by atoms with van der Waals surface area (Å²) in [4.78, 5) is 0. The molecule has 2 rings (SSSR count). The molecule has 1 nitrogen and oxygen atoms in total. The van der Waals surface area contributed by atoms with Gasteiger partial charge in [0.2, 0.25) is 0 Å². The van der Waals surface area contributed by atoms with E-state index in [1.165, 1.54) is 6.07 Å². The molecule has 0 heterocycles. The molecule has 1 unspecified atom stereocenters. The third-order valence-electron chi connectivity index (χ3n) is 3.19. The first-order valence-corrected chi connectivity index (χ1v) is 6.66. The highest BCUT2D eigenvalue weighted by atomic mass is 79.9. The topological polar surface area (TPSA) is 26.0 Å². The van der Waals surface area contributed by atoms with Crippen LogP contribution in [-0.4, -0.2) is 0 Å². The maximum atomic E-state index is 13.3. The van der Waals surface area contributed by atoms with Crippen molar-refractivity contribution in [3.63, 3.8) is 0 Å². The molecule has 0 aliphatic rings. The van der Waals surface area contributed by atoms with Crippen LogP contribution >= 0.6 is 15.9 Å².